The van der Waals surface area contributed by atoms with Crippen molar-refractivity contribution in [3.05, 3.63) is 70.2 Å². The van der Waals surface area contributed by atoms with Gasteiger partial charge >= 0.3 is 5.97 Å². The third-order valence-electron chi connectivity index (χ3n) is 4.02. The molecule has 1 aromatic carbocycles. The van der Waals surface area contributed by atoms with Gasteiger partial charge in [-0.15, -0.1) is 11.3 Å². The molecule has 0 radical (unpaired) electrons. The SMILES string of the molecule is COC(=O)c1cccc(C)c1NC(=O)c1ccc(-c2cccs2)nc1C. The highest BCUT2D eigenvalue weighted by Crippen LogP contribution is 2.25. The first-order valence-electron chi connectivity index (χ1n) is 8.02. The number of para-hydroxylation sites is 1. The molecule has 1 N–H and O–H groups in total. The second-order valence-electron chi connectivity index (χ2n) is 5.75. The Bertz CT molecular complexity index is 965. The topological polar surface area (TPSA) is 68.3 Å². The minimum Gasteiger partial charge on any atom is -0.465 e. The number of pyridine rings is 1. The molecule has 0 spiro atoms. The standard InChI is InChI=1S/C20H18N2O3S/c1-12-6-4-7-15(20(24)25-3)18(12)22-19(23)14-9-10-16(21-13(14)2)17-8-5-11-26-17/h4-11H,1-3H3,(H,22,23). The van der Waals surface area contributed by atoms with Crippen LogP contribution < -0.4 is 5.32 Å². The summed E-state index contributed by atoms with van der Waals surface area (Å²) in [4.78, 5) is 30.3. The number of methoxy groups -OCH3 is 1. The van der Waals surface area contributed by atoms with Crippen LogP contribution in [-0.4, -0.2) is 24.0 Å². The fourth-order valence-corrected chi connectivity index (χ4v) is 3.35. The first-order valence-corrected chi connectivity index (χ1v) is 8.90. The molecule has 1 amide bonds. The van der Waals surface area contributed by atoms with Gasteiger partial charge in [0.2, 0.25) is 0 Å². The van der Waals surface area contributed by atoms with Crippen molar-refractivity contribution in [3.63, 3.8) is 0 Å². The quantitative estimate of drug-likeness (QED) is 0.692. The molecule has 0 unspecified atom stereocenters. The van der Waals surface area contributed by atoms with E-state index in [-0.39, 0.29) is 5.91 Å². The van der Waals surface area contributed by atoms with Crippen molar-refractivity contribution in [2.24, 2.45) is 0 Å². The molecular formula is C20H18N2O3S. The largest absolute Gasteiger partial charge is 0.465 e. The molecule has 0 aliphatic rings. The zero-order valence-corrected chi connectivity index (χ0v) is 15.5. The fraction of sp³-hybridized carbons (Fsp3) is 0.150. The molecule has 2 aromatic heterocycles. The third-order valence-corrected chi connectivity index (χ3v) is 4.91. The van der Waals surface area contributed by atoms with Gasteiger partial charge in [0.1, 0.15) is 0 Å². The number of carbonyl (C=O) groups is 2. The van der Waals surface area contributed by atoms with Crippen molar-refractivity contribution < 1.29 is 14.3 Å². The molecule has 6 heteroatoms. The molecule has 0 aliphatic carbocycles. The predicted molar refractivity (Wildman–Crippen MR) is 103 cm³/mol. The summed E-state index contributed by atoms with van der Waals surface area (Å²) in [6.07, 6.45) is 0. The molecular weight excluding hydrogens is 348 g/mol. The van der Waals surface area contributed by atoms with Gasteiger partial charge < -0.3 is 10.1 Å². The van der Waals surface area contributed by atoms with Crippen molar-refractivity contribution in [1.82, 2.24) is 4.98 Å². The van der Waals surface area contributed by atoms with Crippen LogP contribution in [0.15, 0.2) is 47.8 Å². The highest BCUT2D eigenvalue weighted by Gasteiger charge is 2.18. The van der Waals surface area contributed by atoms with Gasteiger partial charge in [0.15, 0.2) is 0 Å². The lowest BCUT2D eigenvalue weighted by molar-refractivity contribution is 0.0602. The Labute approximate surface area is 155 Å². The molecule has 0 atom stereocenters. The first-order chi connectivity index (χ1) is 12.5. The molecule has 2 heterocycles. The second kappa shape index (κ2) is 7.49. The minimum atomic E-state index is -0.494. The van der Waals surface area contributed by atoms with E-state index in [0.717, 1.165) is 16.1 Å². The number of benzene rings is 1. The summed E-state index contributed by atoms with van der Waals surface area (Å²) in [5.74, 6) is -0.806. The van der Waals surface area contributed by atoms with E-state index in [1.807, 2.05) is 36.6 Å². The number of aromatic nitrogens is 1. The van der Waals surface area contributed by atoms with Gasteiger partial charge in [0, 0.05) is 0 Å². The predicted octanol–water partition coefficient (Wildman–Crippen LogP) is 4.47. The second-order valence-corrected chi connectivity index (χ2v) is 6.70. The molecule has 3 rings (SSSR count). The molecule has 0 bridgehead atoms. The van der Waals surface area contributed by atoms with Gasteiger partial charge in [-0.1, -0.05) is 18.2 Å². The highest BCUT2D eigenvalue weighted by atomic mass is 32.1. The van der Waals surface area contributed by atoms with Crippen LogP contribution in [0.2, 0.25) is 0 Å². The van der Waals surface area contributed by atoms with Crippen LogP contribution in [0, 0.1) is 13.8 Å². The number of nitrogens with one attached hydrogen (secondary N) is 1. The van der Waals surface area contributed by atoms with Crippen molar-refractivity contribution in [1.29, 1.82) is 0 Å². The van der Waals surface area contributed by atoms with E-state index in [9.17, 15) is 9.59 Å². The average Bonchev–Trinajstić information content (AvgIpc) is 3.17. The number of hydrogen-bond donors (Lipinski definition) is 1. The van der Waals surface area contributed by atoms with Gasteiger partial charge in [0.05, 0.1) is 40.2 Å². The number of hydrogen-bond acceptors (Lipinski definition) is 5. The number of anilines is 1. The maximum atomic E-state index is 12.7. The smallest absolute Gasteiger partial charge is 0.339 e. The summed E-state index contributed by atoms with van der Waals surface area (Å²) in [7, 11) is 1.31. The minimum absolute atomic E-state index is 0.313. The third kappa shape index (κ3) is 3.50. The summed E-state index contributed by atoms with van der Waals surface area (Å²) < 4.78 is 4.80. The van der Waals surface area contributed by atoms with E-state index in [1.54, 1.807) is 36.5 Å². The van der Waals surface area contributed by atoms with E-state index < -0.39 is 5.97 Å². The van der Waals surface area contributed by atoms with Gasteiger partial charge in [0.25, 0.3) is 5.91 Å². The lowest BCUT2D eigenvalue weighted by Crippen LogP contribution is -2.18. The van der Waals surface area contributed by atoms with Crippen molar-refractivity contribution in [2.45, 2.75) is 13.8 Å². The first kappa shape index (κ1) is 17.8. The zero-order chi connectivity index (χ0) is 18.7. The Kier molecular flexibility index (Phi) is 5.14. The lowest BCUT2D eigenvalue weighted by atomic mass is 10.1. The Morgan fingerprint density at radius 2 is 1.85 bits per heavy atom. The van der Waals surface area contributed by atoms with Gasteiger partial charge in [-0.3, -0.25) is 9.78 Å². The Balaban J connectivity index is 1.91. The number of carbonyl (C=O) groups excluding carboxylic acids is 2. The molecule has 0 saturated carbocycles. The Hall–Kier alpha value is -2.99. The number of amides is 1. The number of ether oxygens (including phenoxy) is 1. The van der Waals surface area contributed by atoms with Crippen LogP contribution in [-0.2, 0) is 4.74 Å². The molecule has 3 aromatic rings. The summed E-state index contributed by atoms with van der Waals surface area (Å²) in [5, 5.41) is 4.81. The molecule has 0 saturated heterocycles. The van der Waals surface area contributed by atoms with Crippen molar-refractivity contribution >= 4 is 28.9 Å². The number of aryl methyl sites for hydroxylation is 2. The highest BCUT2D eigenvalue weighted by molar-refractivity contribution is 7.13. The summed E-state index contributed by atoms with van der Waals surface area (Å²) in [5.41, 5.74) is 3.47. The number of nitrogens with zero attached hydrogens (tertiary/aromatic N) is 1. The lowest BCUT2D eigenvalue weighted by Gasteiger charge is -2.13. The summed E-state index contributed by atoms with van der Waals surface area (Å²) in [6, 6.07) is 12.7. The Morgan fingerprint density at radius 1 is 1.04 bits per heavy atom. The maximum absolute atomic E-state index is 12.7. The van der Waals surface area contributed by atoms with E-state index in [4.69, 9.17) is 4.74 Å². The van der Waals surface area contributed by atoms with Crippen LogP contribution in [0.4, 0.5) is 5.69 Å². The Morgan fingerprint density at radius 3 is 2.50 bits per heavy atom. The van der Waals surface area contributed by atoms with E-state index in [0.29, 0.717) is 22.5 Å². The van der Waals surface area contributed by atoms with Crippen LogP contribution in [0.3, 0.4) is 0 Å². The van der Waals surface area contributed by atoms with E-state index in [2.05, 4.69) is 10.3 Å². The van der Waals surface area contributed by atoms with Crippen LogP contribution in [0.1, 0.15) is 32.0 Å². The summed E-state index contributed by atoms with van der Waals surface area (Å²) >= 11 is 1.60. The van der Waals surface area contributed by atoms with E-state index in [1.165, 1.54) is 7.11 Å². The maximum Gasteiger partial charge on any atom is 0.339 e. The monoisotopic (exact) mass is 366 g/mol. The van der Waals surface area contributed by atoms with Crippen LogP contribution in [0.5, 0.6) is 0 Å². The number of thiophene rings is 1. The summed E-state index contributed by atoms with van der Waals surface area (Å²) in [6.45, 7) is 3.62. The molecule has 132 valence electrons. The molecule has 0 aliphatic heterocycles. The fourth-order valence-electron chi connectivity index (χ4n) is 2.66. The number of esters is 1. The molecule has 5 nitrogen and oxygen atoms in total. The number of rotatable bonds is 4. The van der Waals surface area contributed by atoms with E-state index >= 15 is 0 Å². The van der Waals surface area contributed by atoms with Gasteiger partial charge in [-0.05, 0) is 49.1 Å². The molecule has 26 heavy (non-hydrogen) atoms. The normalized spacial score (nSPS) is 10.4. The van der Waals surface area contributed by atoms with Crippen molar-refractivity contribution in [3.8, 4) is 10.6 Å². The van der Waals surface area contributed by atoms with Crippen LogP contribution >= 0.6 is 11.3 Å². The van der Waals surface area contributed by atoms with Crippen LogP contribution in [0.25, 0.3) is 10.6 Å². The van der Waals surface area contributed by atoms with Crippen molar-refractivity contribution in [2.75, 3.05) is 12.4 Å². The van der Waals surface area contributed by atoms with Gasteiger partial charge in [-0.2, -0.15) is 0 Å². The average molecular weight is 366 g/mol. The van der Waals surface area contributed by atoms with Gasteiger partial charge in [-0.25, -0.2) is 4.79 Å². The zero-order valence-electron chi connectivity index (χ0n) is 14.7. The molecule has 0 fully saturated rings.